The van der Waals surface area contributed by atoms with E-state index in [1.165, 1.54) is 18.2 Å². The molecule has 30 heavy (non-hydrogen) atoms. The number of amides is 1. The fourth-order valence-corrected chi connectivity index (χ4v) is 3.61. The topological polar surface area (TPSA) is 125 Å². The Balaban J connectivity index is 1.74. The van der Waals surface area contributed by atoms with E-state index in [2.05, 4.69) is 5.32 Å². The van der Waals surface area contributed by atoms with Gasteiger partial charge in [0.1, 0.15) is 5.75 Å². The molecule has 0 aliphatic carbocycles. The average Bonchev–Trinajstić information content (AvgIpc) is 2.65. The van der Waals surface area contributed by atoms with Crippen molar-refractivity contribution in [3.63, 3.8) is 0 Å². The van der Waals surface area contributed by atoms with Crippen LogP contribution in [0.15, 0.2) is 41.3 Å². The summed E-state index contributed by atoms with van der Waals surface area (Å²) in [5.74, 6) is -0.458. The zero-order chi connectivity index (χ0) is 22.3. The molecule has 0 bridgehead atoms. The van der Waals surface area contributed by atoms with Crippen molar-refractivity contribution in [1.82, 2.24) is 0 Å². The van der Waals surface area contributed by atoms with Crippen molar-refractivity contribution in [3.05, 3.63) is 52.5 Å². The van der Waals surface area contributed by atoms with Crippen molar-refractivity contribution in [2.24, 2.45) is 5.14 Å². The van der Waals surface area contributed by atoms with Gasteiger partial charge in [-0.1, -0.05) is 17.7 Å². The van der Waals surface area contributed by atoms with E-state index in [1.807, 2.05) is 6.92 Å². The second-order valence-electron chi connectivity index (χ2n) is 6.60. The molecule has 0 unspecified atom stereocenters. The molecule has 0 heterocycles. The van der Waals surface area contributed by atoms with E-state index in [4.69, 9.17) is 26.2 Å². The monoisotopic (exact) mass is 454 g/mol. The SMILES string of the molecule is Cc1cc(Cl)ccc1OCCCC(=O)OCC(=O)Nc1ccc(C)c(S(N)(=O)=O)c1. The zero-order valence-electron chi connectivity index (χ0n) is 16.6. The molecule has 0 aliphatic heterocycles. The van der Waals surface area contributed by atoms with Crippen molar-refractivity contribution in [2.45, 2.75) is 31.6 Å². The maximum absolute atomic E-state index is 11.9. The lowest BCUT2D eigenvalue weighted by Crippen LogP contribution is -2.21. The quantitative estimate of drug-likeness (QED) is 0.443. The van der Waals surface area contributed by atoms with Gasteiger partial charge in [0.25, 0.3) is 5.91 Å². The molecular formula is C20H23ClN2O6S. The van der Waals surface area contributed by atoms with E-state index in [9.17, 15) is 18.0 Å². The summed E-state index contributed by atoms with van der Waals surface area (Å²) in [7, 11) is -3.91. The van der Waals surface area contributed by atoms with Gasteiger partial charge in [0.05, 0.1) is 11.5 Å². The molecule has 8 nitrogen and oxygen atoms in total. The first kappa shape index (κ1) is 23.7. The lowest BCUT2D eigenvalue weighted by molar-refractivity contribution is -0.147. The van der Waals surface area contributed by atoms with Crippen LogP contribution in [0.25, 0.3) is 0 Å². The summed E-state index contributed by atoms with van der Waals surface area (Å²) >= 11 is 5.88. The molecule has 0 saturated heterocycles. The molecule has 0 saturated carbocycles. The van der Waals surface area contributed by atoms with Crippen molar-refractivity contribution >= 4 is 39.2 Å². The van der Waals surface area contributed by atoms with Crippen LogP contribution in [0.2, 0.25) is 5.02 Å². The highest BCUT2D eigenvalue weighted by atomic mass is 35.5. The lowest BCUT2D eigenvalue weighted by Gasteiger charge is -2.10. The largest absolute Gasteiger partial charge is 0.493 e. The molecule has 0 atom stereocenters. The molecule has 10 heteroatoms. The Kier molecular flexibility index (Phi) is 8.22. The third-order valence-corrected chi connectivity index (χ3v) is 5.35. The van der Waals surface area contributed by atoms with E-state index in [0.717, 1.165) is 5.56 Å². The van der Waals surface area contributed by atoms with Crippen molar-refractivity contribution in [2.75, 3.05) is 18.5 Å². The van der Waals surface area contributed by atoms with Gasteiger partial charge in [-0.15, -0.1) is 0 Å². The molecule has 2 aromatic carbocycles. The van der Waals surface area contributed by atoms with Crippen LogP contribution in [-0.2, 0) is 24.3 Å². The summed E-state index contributed by atoms with van der Waals surface area (Å²) in [6.07, 6.45) is 0.498. The summed E-state index contributed by atoms with van der Waals surface area (Å²) < 4.78 is 33.6. The number of benzene rings is 2. The lowest BCUT2D eigenvalue weighted by atomic mass is 10.2. The number of primary sulfonamides is 1. The maximum atomic E-state index is 11.9. The zero-order valence-corrected chi connectivity index (χ0v) is 18.2. The highest BCUT2D eigenvalue weighted by molar-refractivity contribution is 7.89. The Morgan fingerprint density at radius 1 is 1.10 bits per heavy atom. The predicted molar refractivity (Wildman–Crippen MR) is 113 cm³/mol. The van der Waals surface area contributed by atoms with Crippen LogP contribution >= 0.6 is 11.6 Å². The molecule has 2 aromatic rings. The highest BCUT2D eigenvalue weighted by Crippen LogP contribution is 2.22. The minimum absolute atomic E-state index is 0.0833. The molecule has 162 valence electrons. The number of sulfonamides is 1. The van der Waals surface area contributed by atoms with Crippen LogP contribution in [0.1, 0.15) is 24.0 Å². The first-order valence-electron chi connectivity index (χ1n) is 9.04. The van der Waals surface area contributed by atoms with Gasteiger partial charge < -0.3 is 14.8 Å². The molecule has 0 aromatic heterocycles. The number of aryl methyl sites for hydroxylation is 2. The second kappa shape index (κ2) is 10.4. The fourth-order valence-electron chi connectivity index (χ4n) is 2.57. The molecule has 0 radical (unpaired) electrons. The van der Waals surface area contributed by atoms with Crippen LogP contribution in [-0.4, -0.2) is 33.5 Å². The number of carbonyl (C=O) groups is 2. The standard InChI is InChI=1S/C20H23ClN2O6S/c1-13-5-7-16(11-18(13)30(22,26)27)23-19(24)12-29-20(25)4-3-9-28-17-8-6-15(21)10-14(17)2/h5-8,10-11H,3-4,9,12H2,1-2H3,(H,23,24)(H2,22,26,27). The fraction of sp³-hybridized carbons (Fsp3) is 0.300. The van der Waals surface area contributed by atoms with Crippen LogP contribution < -0.4 is 15.2 Å². The van der Waals surface area contributed by atoms with E-state index in [0.29, 0.717) is 29.4 Å². The second-order valence-corrected chi connectivity index (χ2v) is 8.56. The van der Waals surface area contributed by atoms with Crippen LogP contribution in [0.5, 0.6) is 5.75 Å². The number of hydrogen-bond acceptors (Lipinski definition) is 6. The summed E-state index contributed by atoms with van der Waals surface area (Å²) in [5.41, 5.74) is 1.58. The molecule has 0 spiro atoms. The number of carbonyl (C=O) groups excluding carboxylic acids is 2. The first-order valence-corrected chi connectivity index (χ1v) is 11.0. The summed E-state index contributed by atoms with van der Waals surface area (Å²) in [5, 5.41) is 8.22. The van der Waals surface area contributed by atoms with Gasteiger partial charge in [0, 0.05) is 17.1 Å². The van der Waals surface area contributed by atoms with Crippen LogP contribution in [0, 0.1) is 13.8 Å². The normalized spacial score (nSPS) is 11.1. The van der Waals surface area contributed by atoms with E-state index in [1.54, 1.807) is 25.1 Å². The molecule has 1 amide bonds. The van der Waals surface area contributed by atoms with E-state index >= 15 is 0 Å². The van der Waals surface area contributed by atoms with E-state index in [-0.39, 0.29) is 17.0 Å². The number of hydrogen-bond donors (Lipinski definition) is 2. The predicted octanol–water partition coefficient (Wildman–Crippen LogP) is 2.95. The smallest absolute Gasteiger partial charge is 0.306 e. The molecule has 2 rings (SSSR count). The van der Waals surface area contributed by atoms with Crippen molar-refractivity contribution < 1.29 is 27.5 Å². The number of nitrogens with one attached hydrogen (secondary N) is 1. The number of nitrogens with two attached hydrogens (primary N) is 1. The Morgan fingerprint density at radius 3 is 2.50 bits per heavy atom. The van der Waals surface area contributed by atoms with E-state index < -0.39 is 28.5 Å². The van der Waals surface area contributed by atoms with Crippen molar-refractivity contribution in [3.8, 4) is 5.75 Å². The summed E-state index contributed by atoms with van der Waals surface area (Å²) in [4.78, 5) is 23.6. The molecule has 0 aliphatic rings. The minimum Gasteiger partial charge on any atom is -0.493 e. The third kappa shape index (κ3) is 7.33. The van der Waals surface area contributed by atoms with Gasteiger partial charge in [-0.3, -0.25) is 9.59 Å². The Morgan fingerprint density at radius 2 is 1.83 bits per heavy atom. The van der Waals surface area contributed by atoms with Crippen LogP contribution in [0.3, 0.4) is 0 Å². The van der Waals surface area contributed by atoms with Gasteiger partial charge in [-0.2, -0.15) is 0 Å². The number of ether oxygens (including phenoxy) is 2. The summed E-state index contributed by atoms with van der Waals surface area (Å²) in [6.45, 7) is 3.27. The molecule has 3 N–H and O–H groups in total. The highest BCUT2D eigenvalue weighted by Gasteiger charge is 2.14. The Bertz CT molecular complexity index is 1040. The number of rotatable bonds is 9. The number of esters is 1. The van der Waals surface area contributed by atoms with Gasteiger partial charge in [-0.25, -0.2) is 13.6 Å². The Labute approximate surface area is 180 Å². The van der Waals surface area contributed by atoms with Gasteiger partial charge >= 0.3 is 5.97 Å². The summed E-state index contributed by atoms with van der Waals surface area (Å²) in [6, 6.07) is 9.55. The average molecular weight is 455 g/mol. The molecule has 0 fully saturated rings. The third-order valence-electron chi connectivity index (χ3n) is 4.06. The van der Waals surface area contributed by atoms with Crippen LogP contribution in [0.4, 0.5) is 5.69 Å². The van der Waals surface area contributed by atoms with Gasteiger partial charge in [0.2, 0.25) is 10.0 Å². The molecular weight excluding hydrogens is 432 g/mol. The Hall–Kier alpha value is -2.62. The number of halogens is 1. The number of anilines is 1. The maximum Gasteiger partial charge on any atom is 0.306 e. The van der Waals surface area contributed by atoms with Gasteiger partial charge in [0.15, 0.2) is 6.61 Å². The van der Waals surface area contributed by atoms with Gasteiger partial charge in [-0.05, 0) is 61.7 Å². The first-order chi connectivity index (χ1) is 14.1. The minimum atomic E-state index is -3.91. The van der Waals surface area contributed by atoms with Crippen molar-refractivity contribution in [1.29, 1.82) is 0 Å².